The fourth-order valence-electron chi connectivity index (χ4n) is 3.35. The first-order valence-corrected chi connectivity index (χ1v) is 11.5. The van der Waals surface area contributed by atoms with Crippen LogP contribution in [-0.2, 0) is 19.6 Å². The van der Waals surface area contributed by atoms with Gasteiger partial charge in [-0.1, -0.05) is 12.1 Å². The molecule has 1 N–H and O–H groups in total. The van der Waals surface area contributed by atoms with Crippen molar-refractivity contribution in [1.82, 2.24) is 19.4 Å². The van der Waals surface area contributed by atoms with E-state index in [1.54, 1.807) is 13.0 Å². The van der Waals surface area contributed by atoms with Gasteiger partial charge in [0, 0.05) is 39.3 Å². The molecule has 9 heteroatoms. The molecule has 1 saturated heterocycles. The summed E-state index contributed by atoms with van der Waals surface area (Å²) in [5.41, 5.74) is 1.64. The van der Waals surface area contributed by atoms with Crippen molar-refractivity contribution in [2.45, 2.75) is 32.6 Å². The van der Waals surface area contributed by atoms with E-state index in [4.69, 9.17) is 0 Å². The maximum atomic E-state index is 13.0. The highest BCUT2D eigenvalue weighted by molar-refractivity contribution is 7.89. The SMILES string of the molecule is CCNC(=O)CN(CC)C(=O)CN1CCN(S(=O)(=O)c2cc(C)ccc2C)CC1. The Morgan fingerprint density at radius 1 is 1.10 bits per heavy atom. The lowest BCUT2D eigenvalue weighted by Crippen LogP contribution is -2.52. The van der Waals surface area contributed by atoms with Crippen LogP contribution in [0.25, 0.3) is 0 Å². The standard InChI is InChI=1S/C20H32N4O4S/c1-5-21-19(25)14-23(6-2)20(26)15-22-9-11-24(12-10-22)29(27,28)18-13-16(3)7-8-17(18)4/h7-8,13H,5-6,9-12,14-15H2,1-4H3,(H,21,25). The zero-order valence-corrected chi connectivity index (χ0v) is 18.6. The van der Waals surface area contributed by atoms with Gasteiger partial charge >= 0.3 is 0 Å². The smallest absolute Gasteiger partial charge is 0.243 e. The van der Waals surface area contributed by atoms with Crippen molar-refractivity contribution < 1.29 is 18.0 Å². The monoisotopic (exact) mass is 424 g/mol. The van der Waals surface area contributed by atoms with E-state index >= 15 is 0 Å². The minimum atomic E-state index is -3.55. The summed E-state index contributed by atoms with van der Waals surface area (Å²) < 4.78 is 27.5. The topological polar surface area (TPSA) is 90.0 Å². The van der Waals surface area contributed by atoms with Crippen LogP contribution in [0.5, 0.6) is 0 Å². The fourth-order valence-corrected chi connectivity index (χ4v) is 5.08. The molecule has 2 amide bonds. The molecule has 0 aromatic heterocycles. The molecule has 162 valence electrons. The Hall–Kier alpha value is -1.97. The summed E-state index contributed by atoms with van der Waals surface area (Å²) in [5, 5.41) is 2.70. The number of hydrogen-bond acceptors (Lipinski definition) is 5. The minimum absolute atomic E-state index is 0.0458. The van der Waals surface area contributed by atoms with Gasteiger partial charge in [-0.25, -0.2) is 8.42 Å². The van der Waals surface area contributed by atoms with Crippen LogP contribution < -0.4 is 5.32 Å². The summed E-state index contributed by atoms with van der Waals surface area (Å²) in [6.07, 6.45) is 0. The first-order valence-electron chi connectivity index (χ1n) is 10.0. The van der Waals surface area contributed by atoms with E-state index in [2.05, 4.69) is 5.32 Å². The first-order chi connectivity index (χ1) is 13.7. The number of amides is 2. The van der Waals surface area contributed by atoms with Crippen molar-refractivity contribution in [3.63, 3.8) is 0 Å². The highest BCUT2D eigenvalue weighted by atomic mass is 32.2. The van der Waals surface area contributed by atoms with Gasteiger partial charge in [0.1, 0.15) is 0 Å². The predicted molar refractivity (Wildman–Crippen MR) is 112 cm³/mol. The van der Waals surface area contributed by atoms with Crippen LogP contribution in [0.4, 0.5) is 0 Å². The Kier molecular flexibility index (Phi) is 8.18. The lowest BCUT2D eigenvalue weighted by molar-refractivity contribution is -0.137. The average molecular weight is 425 g/mol. The Morgan fingerprint density at radius 2 is 1.76 bits per heavy atom. The van der Waals surface area contributed by atoms with Gasteiger partial charge in [-0.3, -0.25) is 14.5 Å². The molecule has 0 radical (unpaired) electrons. The number of carbonyl (C=O) groups excluding carboxylic acids is 2. The third-order valence-electron chi connectivity index (χ3n) is 5.09. The summed E-state index contributed by atoms with van der Waals surface area (Å²) in [5.74, 6) is -0.295. The van der Waals surface area contributed by atoms with Crippen molar-refractivity contribution in [1.29, 1.82) is 0 Å². The van der Waals surface area contributed by atoms with Crippen molar-refractivity contribution in [3.05, 3.63) is 29.3 Å². The summed E-state index contributed by atoms with van der Waals surface area (Å²) in [4.78, 5) is 28.1. The Morgan fingerprint density at radius 3 is 2.34 bits per heavy atom. The highest BCUT2D eigenvalue weighted by Gasteiger charge is 2.30. The molecule has 8 nitrogen and oxygen atoms in total. The summed E-state index contributed by atoms with van der Waals surface area (Å²) >= 11 is 0. The minimum Gasteiger partial charge on any atom is -0.355 e. The molecule has 1 aliphatic rings. The Balaban J connectivity index is 1.95. The van der Waals surface area contributed by atoms with E-state index in [1.165, 1.54) is 9.21 Å². The van der Waals surface area contributed by atoms with Crippen LogP contribution in [0.3, 0.4) is 0 Å². The molecule has 1 aromatic carbocycles. The van der Waals surface area contributed by atoms with E-state index in [9.17, 15) is 18.0 Å². The van der Waals surface area contributed by atoms with Crippen molar-refractivity contribution >= 4 is 21.8 Å². The van der Waals surface area contributed by atoms with Gasteiger partial charge < -0.3 is 10.2 Å². The van der Waals surface area contributed by atoms with Gasteiger partial charge in [0.15, 0.2) is 0 Å². The van der Waals surface area contributed by atoms with Crippen LogP contribution >= 0.6 is 0 Å². The number of aryl methyl sites for hydroxylation is 2. The second kappa shape index (κ2) is 10.2. The predicted octanol–water partition coefficient (Wildman–Crippen LogP) is 0.594. The Labute approximate surface area is 173 Å². The van der Waals surface area contributed by atoms with Gasteiger partial charge in [-0.2, -0.15) is 4.31 Å². The van der Waals surface area contributed by atoms with Gasteiger partial charge in [0.05, 0.1) is 18.0 Å². The molecule has 1 heterocycles. The third kappa shape index (κ3) is 6.01. The van der Waals surface area contributed by atoms with Crippen molar-refractivity contribution in [3.8, 4) is 0 Å². The lowest BCUT2D eigenvalue weighted by atomic mass is 10.2. The van der Waals surface area contributed by atoms with E-state index < -0.39 is 10.0 Å². The quantitative estimate of drug-likeness (QED) is 0.660. The largest absolute Gasteiger partial charge is 0.355 e. The number of rotatable bonds is 8. The molecule has 1 fully saturated rings. The third-order valence-corrected chi connectivity index (χ3v) is 7.14. The molecule has 29 heavy (non-hydrogen) atoms. The summed E-state index contributed by atoms with van der Waals surface area (Å²) in [7, 11) is -3.55. The maximum Gasteiger partial charge on any atom is 0.243 e. The Bertz CT molecular complexity index is 833. The number of benzene rings is 1. The molecular weight excluding hydrogens is 392 g/mol. The fraction of sp³-hybridized carbons (Fsp3) is 0.600. The van der Waals surface area contributed by atoms with E-state index in [0.717, 1.165) is 11.1 Å². The number of piperazine rings is 1. The van der Waals surface area contributed by atoms with Gasteiger partial charge in [-0.15, -0.1) is 0 Å². The molecule has 0 unspecified atom stereocenters. The summed E-state index contributed by atoms with van der Waals surface area (Å²) in [6.45, 7) is 10.2. The molecule has 2 rings (SSSR count). The van der Waals surface area contributed by atoms with Crippen LogP contribution in [0.1, 0.15) is 25.0 Å². The zero-order valence-electron chi connectivity index (χ0n) is 17.8. The number of carbonyl (C=O) groups is 2. The second-order valence-corrected chi connectivity index (χ2v) is 9.22. The molecule has 0 atom stereocenters. The average Bonchev–Trinajstić information content (AvgIpc) is 2.68. The number of nitrogens with one attached hydrogen (secondary N) is 1. The van der Waals surface area contributed by atoms with Gasteiger partial charge in [-0.05, 0) is 44.9 Å². The molecular formula is C20H32N4O4S. The van der Waals surface area contributed by atoms with Gasteiger partial charge in [0.25, 0.3) is 0 Å². The molecule has 0 bridgehead atoms. The highest BCUT2D eigenvalue weighted by Crippen LogP contribution is 2.22. The molecule has 0 spiro atoms. The van der Waals surface area contributed by atoms with E-state index in [-0.39, 0.29) is 24.9 Å². The molecule has 0 aliphatic carbocycles. The van der Waals surface area contributed by atoms with Crippen LogP contribution in [0.15, 0.2) is 23.1 Å². The first kappa shape index (κ1) is 23.3. The normalized spacial score (nSPS) is 15.9. The number of sulfonamides is 1. The lowest BCUT2D eigenvalue weighted by Gasteiger charge is -2.34. The van der Waals surface area contributed by atoms with Crippen LogP contribution in [0, 0.1) is 13.8 Å². The van der Waals surface area contributed by atoms with Crippen LogP contribution in [-0.4, -0.2) is 86.7 Å². The number of nitrogens with zero attached hydrogens (tertiary/aromatic N) is 3. The second-order valence-electron chi connectivity index (χ2n) is 7.31. The van der Waals surface area contributed by atoms with Gasteiger partial charge in [0.2, 0.25) is 21.8 Å². The van der Waals surface area contributed by atoms with Crippen molar-refractivity contribution in [2.75, 3.05) is 52.4 Å². The van der Waals surface area contributed by atoms with E-state index in [1.807, 2.05) is 37.8 Å². The van der Waals surface area contributed by atoms with Crippen molar-refractivity contribution in [2.24, 2.45) is 0 Å². The molecule has 1 aliphatic heterocycles. The number of hydrogen-bond donors (Lipinski definition) is 1. The zero-order chi connectivity index (χ0) is 21.6. The maximum absolute atomic E-state index is 13.0. The summed E-state index contributed by atoms with van der Waals surface area (Å²) in [6, 6.07) is 5.43. The molecule has 0 saturated carbocycles. The van der Waals surface area contributed by atoms with E-state index in [0.29, 0.717) is 44.2 Å². The van der Waals surface area contributed by atoms with Crippen LogP contribution in [0.2, 0.25) is 0 Å². The molecule has 1 aromatic rings. The number of likely N-dealkylation sites (N-methyl/N-ethyl adjacent to an activating group) is 2.